The largest absolute Gasteiger partial charge is 0.339 e. The molecule has 1 atom stereocenters. The molecule has 1 unspecified atom stereocenters. The van der Waals surface area contributed by atoms with E-state index in [1.54, 1.807) is 0 Å². The van der Waals surface area contributed by atoms with E-state index in [1.807, 2.05) is 12.4 Å². The first-order chi connectivity index (χ1) is 16.3. The van der Waals surface area contributed by atoms with E-state index < -0.39 is 0 Å². The number of hydrogen-bond acceptors (Lipinski definition) is 3. The lowest BCUT2D eigenvalue weighted by atomic mass is 9.90. The summed E-state index contributed by atoms with van der Waals surface area (Å²) in [7, 11) is 0. The van der Waals surface area contributed by atoms with Crippen molar-refractivity contribution in [2.45, 2.75) is 77.9 Å². The Bertz CT molecular complexity index is 1220. The zero-order chi connectivity index (χ0) is 22.6. The number of unbranched alkanes of at least 4 members (excludes halogenated alkanes) is 2. The number of aryl methyl sites for hydroxylation is 2. The second-order valence-corrected chi connectivity index (χ2v) is 9.46. The van der Waals surface area contributed by atoms with E-state index in [-0.39, 0.29) is 0 Å². The minimum absolute atomic E-state index is 0.382. The van der Waals surface area contributed by atoms with Gasteiger partial charge in [0.1, 0.15) is 0 Å². The maximum absolute atomic E-state index is 4.98. The monoisotopic (exact) mass is 440 g/mol. The van der Waals surface area contributed by atoms with Crippen molar-refractivity contribution >= 4 is 21.8 Å². The molecule has 0 N–H and O–H groups in total. The lowest BCUT2D eigenvalue weighted by Gasteiger charge is -2.35. The van der Waals surface area contributed by atoms with E-state index in [0.717, 1.165) is 32.5 Å². The van der Waals surface area contributed by atoms with E-state index >= 15 is 0 Å². The highest BCUT2D eigenvalue weighted by molar-refractivity contribution is 6.08. The molecule has 0 saturated heterocycles. The SMILES string of the molecule is CCCCCN(Cc1nccc2c3ccccc3n(CCC)c12)C1CCCc2cccnc21. The van der Waals surface area contributed by atoms with Crippen LogP contribution in [0.5, 0.6) is 0 Å². The average Bonchev–Trinajstić information content (AvgIpc) is 3.18. The van der Waals surface area contributed by atoms with Crippen LogP contribution in [0.2, 0.25) is 0 Å². The van der Waals surface area contributed by atoms with Gasteiger partial charge in [-0.25, -0.2) is 0 Å². The molecule has 4 aromatic rings. The van der Waals surface area contributed by atoms with E-state index in [1.165, 1.54) is 70.9 Å². The fourth-order valence-corrected chi connectivity index (χ4v) is 5.69. The van der Waals surface area contributed by atoms with Gasteiger partial charge in [0.15, 0.2) is 0 Å². The molecular weight excluding hydrogens is 404 g/mol. The number of hydrogen-bond donors (Lipinski definition) is 0. The van der Waals surface area contributed by atoms with Gasteiger partial charge in [0.25, 0.3) is 0 Å². The molecule has 0 radical (unpaired) electrons. The Kier molecular flexibility index (Phi) is 6.73. The third kappa shape index (κ3) is 4.29. The topological polar surface area (TPSA) is 34.0 Å². The van der Waals surface area contributed by atoms with Crippen molar-refractivity contribution in [2.24, 2.45) is 0 Å². The molecule has 0 fully saturated rings. The van der Waals surface area contributed by atoms with Crippen molar-refractivity contribution in [1.82, 2.24) is 19.4 Å². The Labute approximate surface area is 197 Å². The summed E-state index contributed by atoms with van der Waals surface area (Å²) >= 11 is 0. The molecule has 0 aliphatic heterocycles. The van der Waals surface area contributed by atoms with Crippen LogP contribution in [0.15, 0.2) is 54.9 Å². The lowest BCUT2D eigenvalue weighted by Crippen LogP contribution is -2.33. The molecule has 3 heterocycles. The summed E-state index contributed by atoms with van der Waals surface area (Å²) in [6, 6.07) is 15.8. The van der Waals surface area contributed by atoms with Crippen LogP contribution in [-0.4, -0.2) is 26.0 Å². The van der Waals surface area contributed by atoms with E-state index in [4.69, 9.17) is 9.97 Å². The Hall–Kier alpha value is -2.72. The molecule has 172 valence electrons. The fourth-order valence-electron chi connectivity index (χ4n) is 5.69. The highest BCUT2D eigenvalue weighted by atomic mass is 15.2. The molecular formula is C29H36N4. The van der Waals surface area contributed by atoms with Gasteiger partial charge in [-0.05, 0) is 62.4 Å². The average molecular weight is 441 g/mol. The summed E-state index contributed by atoms with van der Waals surface area (Å²) in [6.45, 7) is 7.54. The molecule has 1 aliphatic carbocycles. The second kappa shape index (κ2) is 10.0. The first-order valence-corrected chi connectivity index (χ1v) is 12.8. The van der Waals surface area contributed by atoms with Gasteiger partial charge < -0.3 is 4.57 Å². The quantitative estimate of drug-likeness (QED) is 0.261. The van der Waals surface area contributed by atoms with Crippen molar-refractivity contribution in [3.8, 4) is 0 Å². The second-order valence-electron chi connectivity index (χ2n) is 9.46. The fraction of sp³-hybridized carbons (Fsp3) is 0.448. The van der Waals surface area contributed by atoms with Crippen molar-refractivity contribution < 1.29 is 0 Å². The third-order valence-corrected chi connectivity index (χ3v) is 7.21. The maximum atomic E-state index is 4.98. The van der Waals surface area contributed by atoms with Gasteiger partial charge in [-0.15, -0.1) is 0 Å². The predicted octanol–water partition coefficient (Wildman–Crippen LogP) is 7.06. The third-order valence-electron chi connectivity index (χ3n) is 7.21. The Morgan fingerprint density at radius 1 is 0.939 bits per heavy atom. The van der Waals surface area contributed by atoms with E-state index in [2.05, 4.69) is 65.8 Å². The molecule has 1 aliphatic rings. The highest BCUT2D eigenvalue weighted by Crippen LogP contribution is 2.36. The Balaban J connectivity index is 1.58. The summed E-state index contributed by atoms with van der Waals surface area (Å²) in [5.41, 5.74) is 6.57. The van der Waals surface area contributed by atoms with Crippen molar-refractivity contribution in [1.29, 1.82) is 0 Å². The molecule has 0 amide bonds. The Morgan fingerprint density at radius 2 is 1.85 bits per heavy atom. The lowest BCUT2D eigenvalue weighted by molar-refractivity contribution is 0.161. The molecule has 0 bridgehead atoms. The van der Waals surface area contributed by atoms with Crippen LogP contribution < -0.4 is 0 Å². The standard InChI is InChI=1S/C29H36N4/c1-3-5-8-20-32(27-15-9-11-22-12-10-17-31-28(22)27)21-25-29-24(16-18-30-25)23-13-6-7-14-26(23)33(29)19-4-2/h6-7,10,12-14,16-18,27H,3-5,8-9,11,15,19-21H2,1-2H3. The van der Waals surface area contributed by atoms with E-state index in [9.17, 15) is 0 Å². The highest BCUT2D eigenvalue weighted by Gasteiger charge is 2.28. The summed E-state index contributed by atoms with van der Waals surface area (Å²) < 4.78 is 2.50. The Morgan fingerprint density at radius 3 is 2.73 bits per heavy atom. The number of aromatic nitrogens is 3. The molecule has 1 aromatic carbocycles. The first kappa shape index (κ1) is 22.1. The number of para-hydroxylation sites is 1. The van der Waals surface area contributed by atoms with Crippen molar-refractivity contribution in [3.05, 3.63) is 71.8 Å². The van der Waals surface area contributed by atoms with Crippen LogP contribution in [-0.2, 0) is 19.5 Å². The van der Waals surface area contributed by atoms with Crippen molar-refractivity contribution in [3.63, 3.8) is 0 Å². The minimum Gasteiger partial charge on any atom is -0.339 e. The minimum atomic E-state index is 0.382. The zero-order valence-electron chi connectivity index (χ0n) is 20.1. The molecule has 4 nitrogen and oxygen atoms in total. The molecule has 3 aromatic heterocycles. The summed E-state index contributed by atoms with van der Waals surface area (Å²) in [5, 5.41) is 2.67. The zero-order valence-corrected chi connectivity index (χ0v) is 20.1. The van der Waals surface area contributed by atoms with Gasteiger partial charge in [0.2, 0.25) is 0 Å². The van der Waals surface area contributed by atoms with Gasteiger partial charge in [-0.3, -0.25) is 14.9 Å². The smallest absolute Gasteiger partial charge is 0.0786 e. The van der Waals surface area contributed by atoms with Crippen LogP contribution in [0.1, 0.15) is 75.4 Å². The van der Waals surface area contributed by atoms with E-state index in [0.29, 0.717) is 6.04 Å². The number of pyridine rings is 2. The summed E-state index contributed by atoms with van der Waals surface area (Å²) in [5.74, 6) is 0. The van der Waals surface area contributed by atoms with Crippen LogP contribution in [0, 0.1) is 0 Å². The normalized spacial score (nSPS) is 16.0. The van der Waals surface area contributed by atoms with Gasteiger partial charge in [0, 0.05) is 41.8 Å². The number of nitrogens with zero attached hydrogens (tertiary/aromatic N) is 4. The van der Waals surface area contributed by atoms with Gasteiger partial charge >= 0.3 is 0 Å². The molecule has 33 heavy (non-hydrogen) atoms. The summed E-state index contributed by atoms with van der Waals surface area (Å²) in [6.07, 6.45) is 12.4. The number of benzene rings is 1. The molecule has 0 saturated carbocycles. The predicted molar refractivity (Wildman–Crippen MR) is 137 cm³/mol. The number of fused-ring (bicyclic) bond motifs is 4. The van der Waals surface area contributed by atoms with Crippen LogP contribution in [0.3, 0.4) is 0 Å². The van der Waals surface area contributed by atoms with Gasteiger partial charge in [0.05, 0.1) is 22.9 Å². The molecule has 5 rings (SSSR count). The first-order valence-electron chi connectivity index (χ1n) is 12.8. The molecule has 4 heteroatoms. The van der Waals surface area contributed by atoms with Gasteiger partial charge in [-0.2, -0.15) is 0 Å². The molecule has 0 spiro atoms. The van der Waals surface area contributed by atoms with Crippen molar-refractivity contribution in [2.75, 3.05) is 6.54 Å². The van der Waals surface area contributed by atoms with Crippen LogP contribution in [0.25, 0.3) is 21.8 Å². The summed E-state index contributed by atoms with van der Waals surface area (Å²) in [4.78, 5) is 12.5. The number of rotatable bonds is 9. The van der Waals surface area contributed by atoms with Crippen LogP contribution >= 0.6 is 0 Å². The van der Waals surface area contributed by atoms with Crippen LogP contribution in [0.4, 0.5) is 0 Å². The van der Waals surface area contributed by atoms with Gasteiger partial charge in [-0.1, -0.05) is 51.0 Å². The maximum Gasteiger partial charge on any atom is 0.0786 e.